The second kappa shape index (κ2) is 7.87. The molecule has 1 aliphatic rings. The maximum atomic E-state index is 13.0. The van der Waals surface area contributed by atoms with E-state index in [2.05, 4.69) is 26.6 Å². The number of carbonyl (C=O) groups excluding carboxylic acids is 3. The van der Waals surface area contributed by atoms with Gasteiger partial charge in [-0.3, -0.25) is 9.59 Å². The number of rotatable bonds is 5. The molecule has 0 saturated carbocycles. The number of hydrogen-bond donors (Lipinski definition) is 2. The summed E-state index contributed by atoms with van der Waals surface area (Å²) in [6, 6.07) is 9.14. The van der Waals surface area contributed by atoms with Gasteiger partial charge in [-0.25, -0.2) is 14.1 Å². The van der Waals surface area contributed by atoms with E-state index in [1.165, 1.54) is 24.3 Å². The van der Waals surface area contributed by atoms with Crippen molar-refractivity contribution in [2.75, 3.05) is 10.2 Å². The van der Waals surface area contributed by atoms with Crippen molar-refractivity contribution in [2.45, 2.75) is 25.8 Å². The van der Waals surface area contributed by atoms with Gasteiger partial charge in [0.1, 0.15) is 11.9 Å². The van der Waals surface area contributed by atoms with Crippen LogP contribution in [0.1, 0.15) is 18.4 Å². The average molecular weight is 434 g/mol. The first-order valence-electron chi connectivity index (χ1n) is 8.31. The molecular weight excluding hydrogens is 417 g/mol. The Labute approximate surface area is 163 Å². The smallest absolute Gasteiger partial charge is 0.326 e. The highest BCUT2D eigenvalue weighted by molar-refractivity contribution is 9.10. The Balaban J connectivity index is 1.58. The second-order valence-electron chi connectivity index (χ2n) is 6.20. The van der Waals surface area contributed by atoms with Gasteiger partial charge in [-0.15, -0.1) is 0 Å². The van der Waals surface area contributed by atoms with Crippen LogP contribution in [-0.2, 0) is 9.59 Å². The summed E-state index contributed by atoms with van der Waals surface area (Å²) in [6.07, 6.45) is 0.243. The lowest BCUT2D eigenvalue weighted by Gasteiger charge is -2.13. The summed E-state index contributed by atoms with van der Waals surface area (Å²) in [5.41, 5.74) is 1.94. The molecule has 6 nitrogen and oxygen atoms in total. The Hall–Kier alpha value is -2.74. The van der Waals surface area contributed by atoms with Gasteiger partial charge in [-0.05, 0) is 61.4 Å². The Morgan fingerprint density at radius 2 is 1.93 bits per heavy atom. The van der Waals surface area contributed by atoms with Crippen LogP contribution < -0.4 is 15.5 Å². The number of hydrogen-bond acceptors (Lipinski definition) is 3. The zero-order chi connectivity index (χ0) is 19.6. The van der Waals surface area contributed by atoms with Gasteiger partial charge >= 0.3 is 6.03 Å². The fourth-order valence-corrected chi connectivity index (χ4v) is 3.03. The molecule has 1 saturated heterocycles. The normalized spacial score (nSPS) is 16.4. The van der Waals surface area contributed by atoms with E-state index in [9.17, 15) is 18.8 Å². The highest BCUT2D eigenvalue weighted by atomic mass is 79.9. The van der Waals surface area contributed by atoms with Crippen molar-refractivity contribution in [1.29, 1.82) is 0 Å². The summed E-state index contributed by atoms with van der Waals surface area (Å²) in [5, 5.41) is 5.33. The molecule has 1 unspecified atom stereocenters. The van der Waals surface area contributed by atoms with Gasteiger partial charge in [0.25, 0.3) is 5.91 Å². The lowest BCUT2D eigenvalue weighted by molar-refractivity contribution is -0.119. The molecule has 2 aromatic rings. The third-order valence-electron chi connectivity index (χ3n) is 4.21. The molecule has 0 aromatic heterocycles. The van der Waals surface area contributed by atoms with Crippen molar-refractivity contribution in [3.63, 3.8) is 0 Å². The van der Waals surface area contributed by atoms with Crippen molar-refractivity contribution in [2.24, 2.45) is 0 Å². The first-order chi connectivity index (χ1) is 12.8. The number of carbonyl (C=O) groups is 3. The minimum atomic E-state index is -0.792. The number of benzene rings is 2. The van der Waals surface area contributed by atoms with Gasteiger partial charge in [0.05, 0.1) is 5.69 Å². The van der Waals surface area contributed by atoms with E-state index in [0.29, 0.717) is 5.69 Å². The molecule has 0 spiro atoms. The fourth-order valence-electron chi connectivity index (χ4n) is 2.78. The molecule has 2 aromatic carbocycles. The largest absolute Gasteiger partial charge is 0.329 e. The van der Waals surface area contributed by atoms with E-state index in [-0.39, 0.29) is 24.4 Å². The van der Waals surface area contributed by atoms with Crippen LogP contribution in [-0.4, -0.2) is 23.9 Å². The summed E-state index contributed by atoms with van der Waals surface area (Å²) in [5.74, 6) is -1.17. The van der Waals surface area contributed by atoms with Crippen molar-refractivity contribution < 1.29 is 18.8 Å². The maximum absolute atomic E-state index is 13.0. The number of urea groups is 1. The highest BCUT2D eigenvalue weighted by Gasteiger charge is 2.38. The Morgan fingerprint density at radius 1 is 1.22 bits per heavy atom. The topological polar surface area (TPSA) is 78.5 Å². The Bertz CT molecular complexity index is 902. The van der Waals surface area contributed by atoms with Crippen molar-refractivity contribution in [1.82, 2.24) is 5.32 Å². The van der Waals surface area contributed by atoms with Gasteiger partial charge < -0.3 is 10.6 Å². The summed E-state index contributed by atoms with van der Waals surface area (Å²) in [4.78, 5) is 37.6. The molecule has 2 N–H and O–H groups in total. The number of amides is 4. The predicted molar refractivity (Wildman–Crippen MR) is 103 cm³/mol. The molecule has 0 aliphatic carbocycles. The van der Waals surface area contributed by atoms with Crippen LogP contribution in [0, 0.1) is 12.7 Å². The quantitative estimate of drug-likeness (QED) is 0.704. The summed E-state index contributed by atoms with van der Waals surface area (Å²) in [6.45, 7) is 1.91. The lowest BCUT2D eigenvalue weighted by atomic mass is 10.1. The molecule has 0 radical (unpaired) electrons. The average Bonchev–Trinajstić information content (AvgIpc) is 2.91. The third kappa shape index (κ3) is 4.33. The van der Waals surface area contributed by atoms with Gasteiger partial charge in [-0.2, -0.15) is 0 Å². The van der Waals surface area contributed by atoms with E-state index in [1.807, 2.05) is 19.1 Å². The molecule has 1 fully saturated rings. The monoisotopic (exact) mass is 433 g/mol. The molecule has 1 heterocycles. The molecule has 3 rings (SSSR count). The van der Waals surface area contributed by atoms with E-state index in [0.717, 1.165) is 14.9 Å². The molecule has 27 heavy (non-hydrogen) atoms. The highest BCUT2D eigenvalue weighted by Crippen LogP contribution is 2.22. The first kappa shape index (κ1) is 19.0. The maximum Gasteiger partial charge on any atom is 0.329 e. The number of anilines is 2. The van der Waals surface area contributed by atoms with E-state index < -0.39 is 23.8 Å². The molecule has 8 heteroatoms. The van der Waals surface area contributed by atoms with Crippen LogP contribution in [0.25, 0.3) is 0 Å². The van der Waals surface area contributed by atoms with Crippen LogP contribution >= 0.6 is 15.9 Å². The van der Waals surface area contributed by atoms with E-state index >= 15 is 0 Å². The van der Waals surface area contributed by atoms with Gasteiger partial charge in [0, 0.05) is 16.6 Å². The molecule has 0 bridgehead atoms. The number of aryl methyl sites for hydroxylation is 1. The van der Waals surface area contributed by atoms with Crippen LogP contribution in [0.5, 0.6) is 0 Å². The fraction of sp³-hybridized carbons (Fsp3) is 0.211. The minimum Gasteiger partial charge on any atom is -0.326 e. The van der Waals surface area contributed by atoms with Crippen molar-refractivity contribution in [3.8, 4) is 0 Å². The number of halogens is 2. The number of nitrogens with zero attached hydrogens (tertiary/aromatic N) is 1. The van der Waals surface area contributed by atoms with Crippen molar-refractivity contribution in [3.05, 3.63) is 58.3 Å². The number of nitrogens with one attached hydrogen (secondary N) is 2. The first-order valence-corrected chi connectivity index (χ1v) is 9.10. The minimum absolute atomic E-state index is 0.0725. The van der Waals surface area contributed by atoms with Crippen LogP contribution in [0.3, 0.4) is 0 Å². The van der Waals surface area contributed by atoms with Gasteiger partial charge in [0.2, 0.25) is 5.91 Å². The zero-order valence-electron chi connectivity index (χ0n) is 14.5. The van der Waals surface area contributed by atoms with Crippen LogP contribution in [0.2, 0.25) is 0 Å². The summed E-state index contributed by atoms with van der Waals surface area (Å²) < 4.78 is 14.0. The van der Waals surface area contributed by atoms with Gasteiger partial charge in [-0.1, -0.05) is 15.9 Å². The lowest BCUT2D eigenvalue weighted by Crippen LogP contribution is -2.31. The van der Waals surface area contributed by atoms with Crippen LogP contribution in [0.15, 0.2) is 46.9 Å². The standard InChI is InChI=1S/C19H17BrFN3O3/c1-11-10-13(4-7-15(11)20)22-17(25)9-8-16-18(26)24(19(27)23-16)14-5-2-12(21)3-6-14/h2-7,10,16H,8-9H2,1H3,(H,22,25)(H,23,27). The number of imide groups is 1. The van der Waals surface area contributed by atoms with Crippen molar-refractivity contribution >= 4 is 45.2 Å². The Morgan fingerprint density at radius 3 is 2.59 bits per heavy atom. The van der Waals surface area contributed by atoms with Crippen LogP contribution in [0.4, 0.5) is 20.6 Å². The molecular formula is C19H17BrFN3O3. The van der Waals surface area contributed by atoms with Gasteiger partial charge in [0.15, 0.2) is 0 Å². The summed E-state index contributed by atoms with van der Waals surface area (Å²) >= 11 is 3.40. The molecule has 1 atom stereocenters. The predicted octanol–water partition coefficient (Wildman–Crippen LogP) is 3.74. The Kier molecular flexibility index (Phi) is 5.55. The molecule has 4 amide bonds. The second-order valence-corrected chi connectivity index (χ2v) is 7.06. The molecule has 140 valence electrons. The SMILES string of the molecule is Cc1cc(NC(=O)CCC2NC(=O)N(c3ccc(F)cc3)C2=O)ccc1Br. The summed E-state index contributed by atoms with van der Waals surface area (Å²) in [7, 11) is 0. The van der Waals surface area contributed by atoms with E-state index in [1.54, 1.807) is 6.07 Å². The zero-order valence-corrected chi connectivity index (χ0v) is 16.0. The van der Waals surface area contributed by atoms with E-state index in [4.69, 9.17) is 0 Å². The third-order valence-corrected chi connectivity index (χ3v) is 5.10. The molecule has 1 aliphatic heterocycles.